The largest absolute Gasteiger partial charge is 0.463 e. The van der Waals surface area contributed by atoms with E-state index >= 15 is 0 Å². The van der Waals surface area contributed by atoms with Crippen molar-refractivity contribution in [2.75, 3.05) is 78.5 Å². The fourth-order valence-electron chi connectivity index (χ4n) is 5.41. The molecule has 0 radical (unpaired) electrons. The molecule has 6 N–H and O–H groups in total. The molecular weight excluding hydrogens is 528 g/mol. The molecule has 7 heterocycles. The molecule has 42 heavy (non-hydrogen) atoms. The van der Waals surface area contributed by atoms with E-state index in [0.29, 0.717) is 0 Å². The maximum absolute atomic E-state index is 6.09. The summed E-state index contributed by atoms with van der Waals surface area (Å²) in [6.07, 6.45) is 0. The molecule has 5 aliphatic rings. The lowest BCUT2D eigenvalue weighted by Crippen LogP contribution is -2.40. The Bertz CT molecular complexity index is 1010. The predicted molar refractivity (Wildman–Crippen MR) is 167 cm³/mol. The number of nitrogens with zero attached hydrogens (tertiary/aromatic N) is 2. The smallest absolute Gasteiger partial charge is 0.118 e. The molecule has 10 nitrogen and oxygen atoms in total. The quantitative estimate of drug-likeness (QED) is 0.235. The van der Waals surface area contributed by atoms with Crippen LogP contribution in [0.4, 0.5) is 0 Å². The van der Waals surface area contributed by atoms with Crippen LogP contribution in [0.25, 0.3) is 0 Å². The lowest BCUT2D eigenvalue weighted by molar-refractivity contribution is 0.265. The highest BCUT2D eigenvalue weighted by Gasteiger charge is 2.10. The summed E-state index contributed by atoms with van der Waals surface area (Å²) < 4.78 is 12.2. The van der Waals surface area contributed by atoms with Crippen LogP contribution < -0.4 is 31.9 Å². The van der Waals surface area contributed by atoms with Crippen LogP contribution in [0.3, 0.4) is 0 Å². The van der Waals surface area contributed by atoms with Crippen LogP contribution in [0.5, 0.6) is 0 Å². The Morgan fingerprint density at radius 1 is 0.357 bits per heavy atom. The van der Waals surface area contributed by atoms with Gasteiger partial charge >= 0.3 is 0 Å². The molecule has 0 saturated carbocycles. The van der Waals surface area contributed by atoms with Gasteiger partial charge in [0.1, 0.15) is 23.0 Å². The second-order valence-electron chi connectivity index (χ2n) is 11.3. The number of nitrogens with one attached hydrogen (secondary N) is 6. The predicted octanol–water partition coefficient (Wildman–Crippen LogP) is 1.44. The van der Waals surface area contributed by atoms with E-state index in [1.54, 1.807) is 0 Å². The Morgan fingerprint density at radius 3 is 0.905 bits per heavy atom. The third-order valence-corrected chi connectivity index (χ3v) is 7.94. The second-order valence-corrected chi connectivity index (χ2v) is 11.3. The fraction of sp³-hybridized carbons (Fsp3) is 0.562. The zero-order valence-electron chi connectivity index (χ0n) is 25.1. The molecule has 0 saturated heterocycles. The van der Waals surface area contributed by atoms with Crippen LogP contribution in [0.15, 0.2) is 57.4 Å². The molecule has 10 heteroatoms. The van der Waals surface area contributed by atoms with Crippen molar-refractivity contribution < 1.29 is 8.83 Å². The van der Waals surface area contributed by atoms with Gasteiger partial charge in [0.25, 0.3) is 0 Å². The highest BCUT2D eigenvalue weighted by molar-refractivity contribution is 5.22. The third kappa shape index (κ3) is 10.9. The van der Waals surface area contributed by atoms with Crippen molar-refractivity contribution in [3.05, 3.63) is 82.7 Å². The lowest BCUT2D eigenvalue weighted by Gasteiger charge is -2.23. The van der Waals surface area contributed by atoms with E-state index < -0.39 is 0 Å². The molecule has 0 spiro atoms. The highest BCUT2D eigenvalue weighted by Crippen LogP contribution is 2.09. The van der Waals surface area contributed by atoms with Crippen LogP contribution in [0.2, 0.25) is 0 Å². The summed E-state index contributed by atoms with van der Waals surface area (Å²) >= 11 is 0. The molecular formula is C32H50N8O2. The van der Waals surface area contributed by atoms with Gasteiger partial charge in [-0.25, -0.2) is 0 Å². The van der Waals surface area contributed by atoms with Crippen molar-refractivity contribution in [1.82, 2.24) is 41.7 Å². The first kappa shape index (κ1) is 30.9. The second kappa shape index (κ2) is 17.5. The molecule has 0 amide bonds. The summed E-state index contributed by atoms with van der Waals surface area (Å²) in [6, 6.07) is 17.4. The molecule has 3 aromatic rings. The van der Waals surface area contributed by atoms with E-state index in [1.807, 2.05) is 0 Å². The number of rotatable bonds is 0. The van der Waals surface area contributed by atoms with Gasteiger partial charge in [-0.3, -0.25) is 9.80 Å². The average Bonchev–Trinajstić information content (AvgIpc) is 3.66. The number of benzene rings is 1. The number of hydrogen-bond acceptors (Lipinski definition) is 10. The average molecular weight is 579 g/mol. The minimum atomic E-state index is 0.745. The monoisotopic (exact) mass is 578 g/mol. The van der Waals surface area contributed by atoms with E-state index in [9.17, 15) is 0 Å². The maximum atomic E-state index is 6.09. The molecule has 1 aromatic carbocycles. The molecule has 5 aliphatic heterocycles. The summed E-state index contributed by atoms with van der Waals surface area (Å²) in [4.78, 5) is 5.03. The van der Waals surface area contributed by atoms with Crippen molar-refractivity contribution in [2.45, 2.75) is 39.3 Å². The summed E-state index contributed by atoms with van der Waals surface area (Å²) in [6.45, 7) is 16.2. The normalized spacial score (nSPS) is 23.3. The third-order valence-electron chi connectivity index (χ3n) is 7.94. The van der Waals surface area contributed by atoms with Crippen molar-refractivity contribution in [1.29, 1.82) is 0 Å². The molecule has 0 fully saturated rings. The Kier molecular flexibility index (Phi) is 12.9. The van der Waals surface area contributed by atoms with Crippen LogP contribution >= 0.6 is 0 Å². The van der Waals surface area contributed by atoms with E-state index in [2.05, 4.69) is 90.2 Å². The van der Waals surface area contributed by atoms with Gasteiger partial charge in [0.2, 0.25) is 0 Å². The molecule has 0 atom stereocenters. The van der Waals surface area contributed by atoms with Crippen molar-refractivity contribution in [3.8, 4) is 0 Å². The standard InChI is InChI=1S/C32H50N8O2/c1-2-28-4-3-27(1)21-33-9-15-39-17-11-35-23-29-5-7-31(41-29)25-37-13-19-40(16-10-34-22-28)20-14-38-26-32-8-6-30(42-32)24-36-12-18-39/h1-8,33-38H,9-26H2. The van der Waals surface area contributed by atoms with Crippen molar-refractivity contribution >= 4 is 0 Å². The molecule has 8 rings (SSSR count). The Morgan fingerprint density at radius 2 is 0.619 bits per heavy atom. The van der Waals surface area contributed by atoms with Crippen LogP contribution in [0, 0.1) is 0 Å². The van der Waals surface area contributed by atoms with Gasteiger partial charge in [-0.05, 0) is 35.4 Å². The van der Waals surface area contributed by atoms with Gasteiger partial charge < -0.3 is 40.7 Å². The van der Waals surface area contributed by atoms with Gasteiger partial charge in [-0.15, -0.1) is 0 Å². The topological polar surface area (TPSA) is 105 Å². The minimum Gasteiger partial charge on any atom is -0.463 e. The lowest BCUT2D eigenvalue weighted by atomic mass is 10.1. The summed E-state index contributed by atoms with van der Waals surface area (Å²) in [5.41, 5.74) is 2.65. The highest BCUT2D eigenvalue weighted by atomic mass is 16.3. The summed E-state index contributed by atoms with van der Waals surface area (Å²) in [5, 5.41) is 21.6. The number of furan rings is 2. The Balaban J connectivity index is 1.27. The Hall–Kier alpha value is -2.54. The minimum absolute atomic E-state index is 0.745. The van der Waals surface area contributed by atoms with Gasteiger partial charge in [-0.2, -0.15) is 0 Å². The van der Waals surface area contributed by atoms with Crippen LogP contribution in [-0.2, 0) is 39.3 Å². The number of hydrogen-bond donors (Lipinski definition) is 6. The molecule has 0 unspecified atom stereocenters. The van der Waals surface area contributed by atoms with Gasteiger partial charge in [-0.1, -0.05) is 24.3 Å². The van der Waals surface area contributed by atoms with E-state index in [4.69, 9.17) is 8.83 Å². The summed E-state index contributed by atoms with van der Waals surface area (Å²) in [7, 11) is 0. The molecule has 8 bridgehead atoms. The van der Waals surface area contributed by atoms with Crippen molar-refractivity contribution in [3.63, 3.8) is 0 Å². The van der Waals surface area contributed by atoms with Gasteiger partial charge in [0.05, 0.1) is 26.2 Å². The van der Waals surface area contributed by atoms with Crippen molar-refractivity contribution in [2.24, 2.45) is 0 Å². The first-order valence-electron chi connectivity index (χ1n) is 15.7. The zero-order valence-corrected chi connectivity index (χ0v) is 25.1. The van der Waals surface area contributed by atoms with Crippen LogP contribution in [-0.4, -0.2) is 88.3 Å². The van der Waals surface area contributed by atoms with Gasteiger partial charge in [0, 0.05) is 91.6 Å². The first-order chi connectivity index (χ1) is 20.8. The zero-order chi connectivity index (χ0) is 28.7. The van der Waals surface area contributed by atoms with E-state index in [0.717, 1.165) is 141 Å². The molecule has 0 aliphatic carbocycles. The first-order valence-corrected chi connectivity index (χ1v) is 15.7. The SMILES string of the molecule is c1cc2ccc1CNCCN1CCNCc3ccc(o3)CNCCN(CCNC2)CCNCc2ccc(o2)CNCC1. The van der Waals surface area contributed by atoms with E-state index in [1.165, 1.54) is 11.1 Å². The van der Waals surface area contributed by atoms with Crippen LogP contribution in [0.1, 0.15) is 34.2 Å². The Labute approximate surface area is 251 Å². The van der Waals surface area contributed by atoms with E-state index in [-0.39, 0.29) is 0 Å². The maximum Gasteiger partial charge on any atom is 0.118 e. The van der Waals surface area contributed by atoms with Gasteiger partial charge in [0.15, 0.2) is 0 Å². The summed E-state index contributed by atoms with van der Waals surface area (Å²) in [5.74, 6) is 3.96. The molecule has 2 aromatic heterocycles. The molecule has 230 valence electrons. The fourth-order valence-corrected chi connectivity index (χ4v) is 5.41.